The maximum Gasteiger partial charge on any atom is 0.161 e. The Kier molecular flexibility index (Phi) is 3.47. The van der Waals surface area contributed by atoms with Crippen LogP contribution in [0.5, 0.6) is 0 Å². The molecule has 0 N–H and O–H groups in total. The molecule has 0 atom stereocenters. The molecule has 1 fully saturated rings. The summed E-state index contributed by atoms with van der Waals surface area (Å²) in [4.78, 5) is 8.96. The third-order valence-corrected chi connectivity index (χ3v) is 4.89. The summed E-state index contributed by atoms with van der Waals surface area (Å²) in [6.07, 6.45) is 2.32. The van der Waals surface area contributed by atoms with Gasteiger partial charge in [-0.2, -0.15) is 0 Å². The van der Waals surface area contributed by atoms with Crippen molar-refractivity contribution in [1.82, 2.24) is 9.97 Å². The Bertz CT molecular complexity index is 656. The van der Waals surface area contributed by atoms with E-state index in [1.165, 1.54) is 12.1 Å². The number of nitrogens with zero attached hydrogens (tertiary/aromatic N) is 2. The average Bonchev–Trinajstić information content (AvgIpc) is 3.17. The first-order valence-electron chi connectivity index (χ1n) is 6.05. The van der Waals surface area contributed by atoms with Gasteiger partial charge in [0.25, 0.3) is 0 Å². The fourth-order valence-corrected chi connectivity index (χ4v) is 2.92. The molecule has 98 valence electrons. The third kappa shape index (κ3) is 2.60. The van der Waals surface area contributed by atoms with Gasteiger partial charge in [-0.3, -0.25) is 0 Å². The van der Waals surface area contributed by atoms with E-state index in [4.69, 9.17) is 11.6 Å². The summed E-state index contributed by atoms with van der Waals surface area (Å²) in [6.45, 7) is 1.85. The molecule has 0 bridgehead atoms. The van der Waals surface area contributed by atoms with Crippen molar-refractivity contribution in [2.45, 2.75) is 25.7 Å². The molecule has 0 unspecified atom stereocenters. The van der Waals surface area contributed by atoms with Crippen LogP contribution in [0.15, 0.2) is 18.2 Å². The van der Waals surface area contributed by atoms with E-state index in [2.05, 4.69) is 32.6 Å². The minimum absolute atomic E-state index is 0.250. The van der Waals surface area contributed by atoms with Crippen LogP contribution >= 0.6 is 34.2 Å². The van der Waals surface area contributed by atoms with E-state index >= 15 is 0 Å². The topological polar surface area (TPSA) is 25.8 Å². The molecule has 5 heteroatoms. The molecule has 1 heterocycles. The Morgan fingerprint density at radius 3 is 2.68 bits per heavy atom. The molecular weight excluding hydrogens is 378 g/mol. The first-order chi connectivity index (χ1) is 9.06. The molecule has 1 aromatic carbocycles. The lowest BCUT2D eigenvalue weighted by atomic mass is 10.1. The van der Waals surface area contributed by atoms with Crippen LogP contribution in [0.4, 0.5) is 4.39 Å². The van der Waals surface area contributed by atoms with E-state index in [-0.39, 0.29) is 5.82 Å². The van der Waals surface area contributed by atoms with Crippen molar-refractivity contribution in [2.24, 2.45) is 0 Å². The fourth-order valence-electron chi connectivity index (χ4n) is 2.06. The van der Waals surface area contributed by atoms with Gasteiger partial charge in [0.15, 0.2) is 5.82 Å². The second kappa shape index (κ2) is 4.98. The maximum absolute atomic E-state index is 13.2. The van der Waals surface area contributed by atoms with Crippen LogP contribution in [0.25, 0.3) is 11.4 Å². The summed E-state index contributed by atoms with van der Waals surface area (Å²) in [5, 5.41) is 0.483. The molecule has 3 rings (SSSR count). The zero-order chi connectivity index (χ0) is 13.6. The largest absolute Gasteiger partial charge is 0.232 e. The molecular formula is C14H11ClFIN2. The van der Waals surface area contributed by atoms with E-state index in [1.807, 2.05) is 6.92 Å². The molecule has 2 aromatic rings. The van der Waals surface area contributed by atoms with Crippen molar-refractivity contribution in [3.8, 4) is 11.4 Å². The van der Waals surface area contributed by atoms with Gasteiger partial charge < -0.3 is 0 Å². The summed E-state index contributed by atoms with van der Waals surface area (Å²) in [5.74, 6) is 0.844. The summed E-state index contributed by atoms with van der Waals surface area (Å²) in [7, 11) is 0. The Morgan fingerprint density at radius 2 is 2.05 bits per heavy atom. The second-order valence-electron chi connectivity index (χ2n) is 4.77. The number of benzene rings is 1. The summed E-state index contributed by atoms with van der Waals surface area (Å²) >= 11 is 8.38. The Hall–Kier alpha value is -0.750. The molecule has 1 aromatic heterocycles. The molecule has 0 aliphatic heterocycles. The number of hydrogen-bond donors (Lipinski definition) is 0. The van der Waals surface area contributed by atoms with Gasteiger partial charge in [-0.1, -0.05) is 11.6 Å². The van der Waals surface area contributed by atoms with Crippen LogP contribution in [0.1, 0.15) is 30.0 Å². The summed E-state index contributed by atoms with van der Waals surface area (Å²) in [5.41, 5.74) is 2.68. The molecule has 0 saturated heterocycles. The zero-order valence-electron chi connectivity index (χ0n) is 10.3. The number of aryl methyl sites for hydroxylation is 1. The van der Waals surface area contributed by atoms with Gasteiger partial charge in [-0.15, -0.1) is 0 Å². The van der Waals surface area contributed by atoms with E-state index < -0.39 is 0 Å². The highest BCUT2D eigenvalue weighted by atomic mass is 127. The fraction of sp³-hybridized carbons (Fsp3) is 0.286. The van der Waals surface area contributed by atoms with E-state index in [1.54, 1.807) is 6.07 Å². The second-order valence-corrected chi connectivity index (χ2v) is 6.21. The highest BCUT2D eigenvalue weighted by Gasteiger charge is 2.29. The normalized spacial score (nSPS) is 14.7. The predicted octanol–water partition coefficient (Wildman–Crippen LogP) is 4.73. The van der Waals surface area contributed by atoms with Gasteiger partial charge in [-0.25, -0.2) is 14.4 Å². The van der Waals surface area contributed by atoms with Crippen LogP contribution in [0.2, 0.25) is 5.15 Å². The Balaban J connectivity index is 2.14. The maximum atomic E-state index is 13.2. The first-order valence-corrected chi connectivity index (χ1v) is 7.51. The average molecular weight is 389 g/mol. The van der Waals surface area contributed by atoms with Crippen molar-refractivity contribution in [2.75, 3.05) is 0 Å². The molecule has 1 saturated carbocycles. The van der Waals surface area contributed by atoms with Gasteiger partial charge in [-0.05, 0) is 66.1 Å². The van der Waals surface area contributed by atoms with Gasteiger partial charge in [0.05, 0.1) is 9.26 Å². The van der Waals surface area contributed by atoms with Gasteiger partial charge in [0.1, 0.15) is 11.0 Å². The van der Waals surface area contributed by atoms with Gasteiger partial charge in [0.2, 0.25) is 0 Å². The molecule has 19 heavy (non-hydrogen) atoms. The molecule has 1 aliphatic carbocycles. The number of halogens is 3. The van der Waals surface area contributed by atoms with Crippen molar-refractivity contribution < 1.29 is 4.39 Å². The van der Waals surface area contributed by atoms with Crippen LogP contribution in [-0.2, 0) is 0 Å². The smallest absolute Gasteiger partial charge is 0.161 e. The SMILES string of the molecule is Cc1cc(F)ccc1-c1nc(Cl)c(I)c(C2CC2)n1. The van der Waals surface area contributed by atoms with Crippen molar-refractivity contribution >= 4 is 34.2 Å². The van der Waals surface area contributed by atoms with Crippen LogP contribution < -0.4 is 0 Å². The molecule has 0 spiro atoms. The van der Waals surface area contributed by atoms with Crippen molar-refractivity contribution in [1.29, 1.82) is 0 Å². The lowest BCUT2D eigenvalue weighted by Gasteiger charge is -2.09. The van der Waals surface area contributed by atoms with Crippen molar-refractivity contribution in [3.05, 3.63) is 44.0 Å². The molecule has 0 amide bonds. The standard InChI is InChI=1S/C14H11ClFIN2/c1-7-6-9(16)4-5-10(7)14-18-12(8-2-3-8)11(17)13(15)19-14/h4-6,8H,2-3H2,1H3. The highest BCUT2D eigenvalue weighted by Crippen LogP contribution is 2.42. The summed E-state index contributed by atoms with van der Waals surface area (Å²) in [6, 6.07) is 4.62. The van der Waals surface area contributed by atoms with Gasteiger partial charge >= 0.3 is 0 Å². The summed E-state index contributed by atoms with van der Waals surface area (Å²) < 4.78 is 14.1. The van der Waals surface area contributed by atoms with E-state index in [0.29, 0.717) is 16.9 Å². The number of hydrogen-bond acceptors (Lipinski definition) is 2. The molecule has 2 nitrogen and oxygen atoms in total. The van der Waals surface area contributed by atoms with E-state index in [0.717, 1.165) is 33.2 Å². The monoisotopic (exact) mass is 388 g/mol. The molecule has 0 radical (unpaired) electrons. The van der Waals surface area contributed by atoms with Gasteiger partial charge in [0, 0.05) is 11.5 Å². The van der Waals surface area contributed by atoms with Crippen LogP contribution in [0, 0.1) is 16.3 Å². The minimum Gasteiger partial charge on any atom is -0.232 e. The lowest BCUT2D eigenvalue weighted by Crippen LogP contribution is -2.00. The predicted molar refractivity (Wildman–Crippen MR) is 81.9 cm³/mol. The number of rotatable bonds is 2. The Morgan fingerprint density at radius 1 is 1.32 bits per heavy atom. The quantitative estimate of drug-likeness (QED) is 0.549. The van der Waals surface area contributed by atoms with Crippen LogP contribution in [0.3, 0.4) is 0 Å². The third-order valence-electron chi connectivity index (χ3n) is 3.23. The minimum atomic E-state index is -0.250. The Labute approximate surface area is 129 Å². The number of aromatic nitrogens is 2. The lowest BCUT2D eigenvalue weighted by molar-refractivity contribution is 0.627. The van der Waals surface area contributed by atoms with E-state index in [9.17, 15) is 4.39 Å². The zero-order valence-corrected chi connectivity index (χ0v) is 13.2. The first kappa shape index (κ1) is 13.2. The van der Waals surface area contributed by atoms with Crippen LogP contribution in [-0.4, -0.2) is 9.97 Å². The highest BCUT2D eigenvalue weighted by molar-refractivity contribution is 14.1. The molecule has 1 aliphatic rings. The van der Waals surface area contributed by atoms with Crippen molar-refractivity contribution in [3.63, 3.8) is 0 Å².